The second-order valence-electron chi connectivity index (χ2n) is 6.35. The number of ether oxygens (including phenoxy) is 1. The predicted molar refractivity (Wildman–Crippen MR) is 104 cm³/mol. The minimum absolute atomic E-state index is 0.0536. The third kappa shape index (κ3) is 6.60. The van der Waals surface area contributed by atoms with E-state index < -0.39 is 0 Å². The minimum atomic E-state index is -0.381. The molecule has 0 aliphatic carbocycles. The zero-order valence-corrected chi connectivity index (χ0v) is 15.5. The fourth-order valence-electron chi connectivity index (χ4n) is 2.70. The van der Waals surface area contributed by atoms with Crippen molar-refractivity contribution in [2.24, 2.45) is 0 Å². The molecule has 4 nitrogen and oxygen atoms in total. The van der Waals surface area contributed by atoms with Crippen LogP contribution < -0.4 is 5.32 Å². The molecular weight excluding hydrogens is 324 g/mol. The van der Waals surface area contributed by atoms with Gasteiger partial charge in [0.25, 0.3) is 0 Å². The first-order valence-corrected chi connectivity index (χ1v) is 9.04. The number of pyridine rings is 1. The Balaban J connectivity index is 1.72. The van der Waals surface area contributed by atoms with Crippen LogP contribution in [0.1, 0.15) is 49.2 Å². The number of carbonyl (C=O) groups excluding carboxylic acids is 1. The molecule has 0 aliphatic rings. The van der Waals surface area contributed by atoms with Gasteiger partial charge in [-0.3, -0.25) is 0 Å². The van der Waals surface area contributed by atoms with E-state index >= 15 is 0 Å². The first-order valence-electron chi connectivity index (χ1n) is 9.04. The van der Waals surface area contributed by atoms with Gasteiger partial charge in [0, 0.05) is 11.7 Å². The van der Waals surface area contributed by atoms with Crippen molar-refractivity contribution in [1.82, 2.24) is 10.3 Å². The maximum atomic E-state index is 11.9. The highest BCUT2D eigenvalue weighted by Crippen LogP contribution is 2.11. The average molecular weight is 350 g/mol. The molecule has 0 aliphatic heterocycles. The number of carbonyl (C=O) groups is 1. The summed E-state index contributed by atoms with van der Waals surface area (Å²) in [5, 5.41) is 2.88. The smallest absolute Gasteiger partial charge is 0.407 e. The van der Waals surface area contributed by atoms with Gasteiger partial charge in [0.05, 0.1) is 0 Å². The quantitative estimate of drug-likeness (QED) is 0.724. The van der Waals surface area contributed by atoms with Crippen molar-refractivity contribution in [3.63, 3.8) is 0 Å². The van der Waals surface area contributed by atoms with E-state index in [0.717, 1.165) is 36.9 Å². The van der Waals surface area contributed by atoms with Crippen molar-refractivity contribution in [3.8, 4) is 12.3 Å². The standard InChI is InChI=1S/C22H26N2O2/c1-4-20-14-19(15-21(5-2)24-20)13-9-10-17(3)23-22(25)26-16-18-11-7-6-8-12-18/h1,6-8,11-12,14-15,17H,5,9-10,13,16H2,2-3H3,(H,23,25). The van der Waals surface area contributed by atoms with Gasteiger partial charge in [0.2, 0.25) is 0 Å². The Morgan fingerprint density at radius 2 is 2.04 bits per heavy atom. The molecule has 0 bridgehead atoms. The lowest BCUT2D eigenvalue weighted by Crippen LogP contribution is -2.33. The number of aromatic nitrogens is 1. The summed E-state index contributed by atoms with van der Waals surface area (Å²) < 4.78 is 5.24. The van der Waals surface area contributed by atoms with E-state index in [4.69, 9.17) is 11.2 Å². The maximum absolute atomic E-state index is 11.9. The number of nitrogens with one attached hydrogen (secondary N) is 1. The molecule has 0 saturated heterocycles. The van der Waals surface area contributed by atoms with Crippen molar-refractivity contribution in [1.29, 1.82) is 0 Å². The van der Waals surface area contributed by atoms with Crippen LogP contribution in [0.4, 0.5) is 4.79 Å². The van der Waals surface area contributed by atoms with Crippen molar-refractivity contribution in [2.45, 2.75) is 52.2 Å². The molecule has 1 atom stereocenters. The molecule has 1 aromatic carbocycles. The number of terminal acetylenes is 1. The molecule has 2 aromatic rings. The highest BCUT2D eigenvalue weighted by atomic mass is 16.5. The maximum Gasteiger partial charge on any atom is 0.407 e. The normalized spacial score (nSPS) is 11.4. The van der Waals surface area contributed by atoms with E-state index in [0.29, 0.717) is 5.69 Å². The van der Waals surface area contributed by atoms with E-state index in [9.17, 15) is 4.79 Å². The number of alkyl carbamates (subject to hydrolysis) is 1. The summed E-state index contributed by atoms with van der Waals surface area (Å²) in [5.41, 5.74) is 3.88. The van der Waals surface area contributed by atoms with Crippen LogP contribution in [-0.4, -0.2) is 17.1 Å². The number of nitrogens with zero attached hydrogens (tertiary/aromatic N) is 1. The van der Waals surface area contributed by atoms with Gasteiger partial charge in [0.15, 0.2) is 0 Å². The number of hydrogen-bond acceptors (Lipinski definition) is 3. The van der Waals surface area contributed by atoms with Crippen LogP contribution in [-0.2, 0) is 24.2 Å². The monoisotopic (exact) mass is 350 g/mol. The van der Waals surface area contributed by atoms with Gasteiger partial charge in [-0.2, -0.15) is 0 Å². The van der Waals surface area contributed by atoms with Crippen molar-refractivity contribution >= 4 is 6.09 Å². The van der Waals surface area contributed by atoms with Gasteiger partial charge in [-0.1, -0.05) is 43.2 Å². The number of amides is 1. The van der Waals surface area contributed by atoms with E-state index in [2.05, 4.69) is 29.2 Å². The Kier molecular flexibility index (Phi) is 7.70. The molecule has 1 heterocycles. The largest absolute Gasteiger partial charge is 0.445 e. The topological polar surface area (TPSA) is 51.2 Å². The first kappa shape index (κ1) is 19.5. The summed E-state index contributed by atoms with van der Waals surface area (Å²) >= 11 is 0. The van der Waals surface area contributed by atoms with Crippen LogP contribution >= 0.6 is 0 Å². The number of hydrogen-bond donors (Lipinski definition) is 1. The third-order valence-electron chi connectivity index (χ3n) is 4.13. The third-order valence-corrected chi connectivity index (χ3v) is 4.13. The number of rotatable bonds is 8. The summed E-state index contributed by atoms with van der Waals surface area (Å²) in [4.78, 5) is 16.3. The molecule has 0 spiro atoms. The van der Waals surface area contributed by atoms with Crippen LogP contribution in [0.2, 0.25) is 0 Å². The second kappa shape index (κ2) is 10.2. The van der Waals surface area contributed by atoms with Gasteiger partial charge < -0.3 is 10.1 Å². The molecule has 26 heavy (non-hydrogen) atoms. The van der Waals surface area contributed by atoms with E-state index in [1.807, 2.05) is 43.3 Å². The molecular formula is C22H26N2O2. The van der Waals surface area contributed by atoms with Crippen LogP contribution in [0.3, 0.4) is 0 Å². The van der Waals surface area contributed by atoms with E-state index in [1.165, 1.54) is 5.56 Å². The van der Waals surface area contributed by atoms with Crippen LogP contribution in [0.5, 0.6) is 0 Å². The van der Waals surface area contributed by atoms with Gasteiger partial charge in [-0.25, -0.2) is 9.78 Å². The molecule has 2 rings (SSSR count). The zero-order valence-electron chi connectivity index (χ0n) is 15.5. The summed E-state index contributed by atoms with van der Waals surface area (Å²) in [7, 11) is 0. The lowest BCUT2D eigenvalue weighted by Gasteiger charge is -2.14. The number of aryl methyl sites for hydroxylation is 2. The highest BCUT2D eigenvalue weighted by Gasteiger charge is 2.09. The molecule has 0 saturated carbocycles. The molecule has 0 radical (unpaired) electrons. The summed E-state index contributed by atoms with van der Waals surface area (Å²) in [6.07, 6.45) is 8.70. The van der Waals surface area contributed by atoms with E-state index in [1.54, 1.807) is 0 Å². The Morgan fingerprint density at radius 3 is 2.73 bits per heavy atom. The van der Waals surface area contributed by atoms with E-state index in [-0.39, 0.29) is 18.7 Å². The molecule has 1 aromatic heterocycles. The minimum Gasteiger partial charge on any atom is -0.445 e. The van der Waals surface area contributed by atoms with Crippen LogP contribution in [0.25, 0.3) is 0 Å². The van der Waals surface area contributed by atoms with Gasteiger partial charge in [0.1, 0.15) is 12.3 Å². The summed E-state index contributed by atoms with van der Waals surface area (Å²) in [6.45, 7) is 4.34. The van der Waals surface area contributed by atoms with Crippen LogP contribution in [0, 0.1) is 12.3 Å². The van der Waals surface area contributed by atoms with Crippen molar-refractivity contribution in [2.75, 3.05) is 0 Å². The van der Waals surface area contributed by atoms with Gasteiger partial charge >= 0.3 is 6.09 Å². The van der Waals surface area contributed by atoms with Crippen LogP contribution in [0.15, 0.2) is 42.5 Å². The molecule has 0 fully saturated rings. The molecule has 1 unspecified atom stereocenters. The molecule has 1 amide bonds. The van der Waals surface area contributed by atoms with Crippen molar-refractivity contribution < 1.29 is 9.53 Å². The van der Waals surface area contributed by atoms with Crippen molar-refractivity contribution in [3.05, 3.63) is 65.0 Å². The Bertz CT molecular complexity index is 750. The predicted octanol–water partition coefficient (Wildman–Crippen LogP) is 4.26. The Hall–Kier alpha value is -2.80. The summed E-state index contributed by atoms with van der Waals surface area (Å²) in [6, 6.07) is 13.8. The highest BCUT2D eigenvalue weighted by molar-refractivity contribution is 5.67. The average Bonchev–Trinajstić information content (AvgIpc) is 2.66. The molecule has 4 heteroatoms. The molecule has 1 N–H and O–H groups in total. The lowest BCUT2D eigenvalue weighted by molar-refractivity contribution is 0.136. The van der Waals surface area contributed by atoms with Gasteiger partial charge in [-0.15, -0.1) is 6.42 Å². The lowest BCUT2D eigenvalue weighted by atomic mass is 10.0. The zero-order chi connectivity index (χ0) is 18.8. The Labute approximate surface area is 156 Å². The fraction of sp³-hybridized carbons (Fsp3) is 0.364. The Morgan fingerprint density at radius 1 is 1.27 bits per heavy atom. The molecule has 136 valence electrons. The number of benzene rings is 1. The van der Waals surface area contributed by atoms with Gasteiger partial charge in [-0.05, 0) is 55.9 Å². The first-order chi connectivity index (χ1) is 12.6. The SMILES string of the molecule is C#Cc1cc(CCCC(C)NC(=O)OCc2ccccc2)cc(CC)n1. The summed E-state index contributed by atoms with van der Waals surface area (Å²) in [5.74, 6) is 2.61. The fourth-order valence-corrected chi connectivity index (χ4v) is 2.70. The second-order valence-corrected chi connectivity index (χ2v) is 6.35.